The molecular weight excluding hydrogens is 268 g/mol. The molecule has 110 valence electrons. The van der Waals surface area contributed by atoms with Crippen molar-refractivity contribution in [3.63, 3.8) is 0 Å². The van der Waals surface area contributed by atoms with Crippen molar-refractivity contribution in [2.75, 3.05) is 26.3 Å². The van der Waals surface area contributed by atoms with Crippen LogP contribution < -0.4 is 5.73 Å². The van der Waals surface area contributed by atoms with Gasteiger partial charge in [-0.2, -0.15) is 0 Å². The third-order valence-electron chi connectivity index (χ3n) is 3.40. The van der Waals surface area contributed by atoms with Crippen molar-refractivity contribution in [1.29, 1.82) is 0 Å². The molecule has 1 aliphatic heterocycles. The van der Waals surface area contributed by atoms with Crippen LogP contribution in [0.5, 0.6) is 0 Å². The highest BCUT2D eigenvalue weighted by molar-refractivity contribution is 5.78. The molecule has 2 aromatic rings. The van der Waals surface area contributed by atoms with Crippen LogP contribution in [0.2, 0.25) is 0 Å². The van der Waals surface area contributed by atoms with Crippen molar-refractivity contribution in [2.45, 2.75) is 6.54 Å². The van der Waals surface area contributed by atoms with E-state index in [1.165, 1.54) is 6.39 Å². The van der Waals surface area contributed by atoms with Gasteiger partial charge in [-0.1, -0.05) is 30.3 Å². The van der Waals surface area contributed by atoms with Crippen molar-refractivity contribution in [2.24, 2.45) is 10.7 Å². The van der Waals surface area contributed by atoms with Gasteiger partial charge in [0.05, 0.1) is 19.8 Å². The molecular formula is C15H18N4O2. The zero-order valence-electron chi connectivity index (χ0n) is 11.7. The maximum absolute atomic E-state index is 6.02. The van der Waals surface area contributed by atoms with Crippen molar-refractivity contribution in [3.8, 4) is 11.3 Å². The summed E-state index contributed by atoms with van der Waals surface area (Å²) in [7, 11) is 0. The molecule has 6 nitrogen and oxygen atoms in total. The van der Waals surface area contributed by atoms with Gasteiger partial charge in [-0.05, 0) is 0 Å². The summed E-state index contributed by atoms with van der Waals surface area (Å²) in [4.78, 5) is 10.7. The van der Waals surface area contributed by atoms with E-state index in [-0.39, 0.29) is 0 Å². The molecule has 0 bridgehead atoms. The first-order valence-electron chi connectivity index (χ1n) is 6.95. The van der Waals surface area contributed by atoms with Gasteiger partial charge < -0.3 is 19.8 Å². The first-order chi connectivity index (χ1) is 10.3. The molecule has 1 aromatic carbocycles. The minimum atomic E-state index is 0.407. The van der Waals surface area contributed by atoms with E-state index >= 15 is 0 Å². The predicted molar refractivity (Wildman–Crippen MR) is 79.7 cm³/mol. The van der Waals surface area contributed by atoms with Crippen molar-refractivity contribution in [1.82, 2.24) is 9.88 Å². The highest BCUT2D eigenvalue weighted by atomic mass is 16.5. The Morgan fingerprint density at radius 3 is 2.76 bits per heavy atom. The van der Waals surface area contributed by atoms with Gasteiger partial charge in [0.1, 0.15) is 5.69 Å². The van der Waals surface area contributed by atoms with Crippen LogP contribution in [0.15, 0.2) is 46.1 Å². The summed E-state index contributed by atoms with van der Waals surface area (Å²) in [5.41, 5.74) is 7.80. The van der Waals surface area contributed by atoms with Crippen LogP contribution in [0.1, 0.15) is 5.69 Å². The molecule has 0 unspecified atom stereocenters. The Morgan fingerprint density at radius 2 is 2.00 bits per heavy atom. The Morgan fingerprint density at radius 1 is 1.24 bits per heavy atom. The molecule has 21 heavy (non-hydrogen) atoms. The van der Waals surface area contributed by atoms with E-state index in [4.69, 9.17) is 14.9 Å². The number of hydrogen-bond donors (Lipinski definition) is 1. The molecule has 0 atom stereocenters. The van der Waals surface area contributed by atoms with Crippen LogP contribution in [0.25, 0.3) is 11.3 Å². The summed E-state index contributed by atoms with van der Waals surface area (Å²) >= 11 is 0. The first kappa shape index (κ1) is 13.6. The first-order valence-corrected chi connectivity index (χ1v) is 6.95. The number of benzene rings is 1. The van der Waals surface area contributed by atoms with E-state index in [1.54, 1.807) is 0 Å². The Balaban J connectivity index is 1.72. The third-order valence-corrected chi connectivity index (χ3v) is 3.40. The summed E-state index contributed by atoms with van der Waals surface area (Å²) in [5.74, 6) is 1.27. The zero-order valence-corrected chi connectivity index (χ0v) is 11.7. The molecule has 3 rings (SSSR count). The number of hydrogen-bond acceptors (Lipinski definition) is 4. The summed E-state index contributed by atoms with van der Waals surface area (Å²) in [6, 6.07) is 9.87. The van der Waals surface area contributed by atoms with E-state index in [1.807, 2.05) is 35.2 Å². The largest absolute Gasteiger partial charge is 0.443 e. The summed E-state index contributed by atoms with van der Waals surface area (Å²) in [5, 5.41) is 0. The van der Waals surface area contributed by atoms with Crippen LogP contribution in [0.4, 0.5) is 0 Å². The smallest absolute Gasteiger partial charge is 0.191 e. The molecule has 1 aliphatic rings. The quantitative estimate of drug-likeness (QED) is 0.683. The number of morpholine rings is 1. The second kappa shape index (κ2) is 6.41. The Hall–Kier alpha value is -2.34. The molecule has 6 heteroatoms. The van der Waals surface area contributed by atoms with E-state index in [0.717, 1.165) is 30.1 Å². The fourth-order valence-corrected chi connectivity index (χ4v) is 2.25. The zero-order chi connectivity index (χ0) is 14.5. The summed E-state index contributed by atoms with van der Waals surface area (Å²) < 4.78 is 10.8. The molecule has 2 heterocycles. The number of ether oxygens (including phenoxy) is 1. The maximum Gasteiger partial charge on any atom is 0.191 e. The average Bonchev–Trinajstić information content (AvgIpc) is 3.03. The van der Waals surface area contributed by atoms with Crippen LogP contribution in [0.3, 0.4) is 0 Å². The minimum Gasteiger partial charge on any atom is -0.443 e. The van der Waals surface area contributed by atoms with Crippen molar-refractivity contribution < 1.29 is 9.15 Å². The average molecular weight is 286 g/mol. The van der Waals surface area contributed by atoms with E-state index in [9.17, 15) is 0 Å². The lowest BCUT2D eigenvalue weighted by molar-refractivity contribution is 0.0674. The third kappa shape index (κ3) is 3.22. The van der Waals surface area contributed by atoms with Gasteiger partial charge in [-0.25, -0.2) is 9.98 Å². The second-order valence-corrected chi connectivity index (χ2v) is 4.77. The minimum absolute atomic E-state index is 0.407. The van der Waals surface area contributed by atoms with Crippen LogP contribution >= 0.6 is 0 Å². The molecule has 0 radical (unpaired) electrons. The molecule has 1 fully saturated rings. The molecule has 1 saturated heterocycles. The molecule has 0 saturated carbocycles. The number of aliphatic imine (C=N–C) groups is 1. The normalized spacial score (nSPS) is 16.2. The maximum atomic E-state index is 6.02. The number of oxazole rings is 1. The number of nitrogens with zero attached hydrogens (tertiary/aromatic N) is 3. The predicted octanol–water partition coefficient (Wildman–Crippen LogP) is 1.49. The second-order valence-electron chi connectivity index (χ2n) is 4.77. The van der Waals surface area contributed by atoms with E-state index in [0.29, 0.717) is 25.7 Å². The number of nitrogens with two attached hydrogens (primary N) is 1. The van der Waals surface area contributed by atoms with Gasteiger partial charge in [-0.3, -0.25) is 0 Å². The number of aromatic nitrogens is 1. The molecule has 0 amide bonds. The van der Waals surface area contributed by atoms with Gasteiger partial charge in [0.2, 0.25) is 0 Å². The fraction of sp³-hybridized carbons (Fsp3) is 0.333. The number of guanidine groups is 1. The fourth-order valence-electron chi connectivity index (χ4n) is 2.25. The SMILES string of the molecule is NC(=NCc1ncoc1-c1ccccc1)N1CCOCC1. The standard InChI is InChI=1S/C15H18N4O2/c16-15(19-6-8-20-9-7-19)17-10-13-14(21-11-18-13)12-4-2-1-3-5-12/h1-5,11H,6-10H2,(H2,16,17). The van der Waals surface area contributed by atoms with E-state index < -0.39 is 0 Å². The lowest BCUT2D eigenvalue weighted by Crippen LogP contribution is -2.44. The number of rotatable bonds is 3. The van der Waals surface area contributed by atoms with Gasteiger partial charge >= 0.3 is 0 Å². The van der Waals surface area contributed by atoms with Crippen molar-refractivity contribution in [3.05, 3.63) is 42.4 Å². The monoisotopic (exact) mass is 286 g/mol. The Bertz CT molecular complexity index is 603. The topological polar surface area (TPSA) is 76.9 Å². The highest BCUT2D eigenvalue weighted by Gasteiger charge is 2.14. The molecule has 1 aromatic heterocycles. The van der Waals surface area contributed by atoms with Gasteiger partial charge in [-0.15, -0.1) is 0 Å². The lowest BCUT2D eigenvalue weighted by atomic mass is 10.1. The summed E-state index contributed by atoms with van der Waals surface area (Å²) in [6.45, 7) is 3.34. The molecule has 2 N–H and O–H groups in total. The lowest BCUT2D eigenvalue weighted by Gasteiger charge is -2.27. The van der Waals surface area contributed by atoms with Crippen LogP contribution in [-0.4, -0.2) is 42.1 Å². The Labute approximate surface area is 123 Å². The van der Waals surface area contributed by atoms with Gasteiger partial charge in [0, 0.05) is 18.7 Å². The summed E-state index contributed by atoms with van der Waals surface area (Å²) in [6.07, 6.45) is 1.44. The molecule has 0 spiro atoms. The van der Waals surface area contributed by atoms with E-state index in [2.05, 4.69) is 9.98 Å². The van der Waals surface area contributed by atoms with Gasteiger partial charge in [0.15, 0.2) is 18.1 Å². The van der Waals surface area contributed by atoms with Crippen LogP contribution in [-0.2, 0) is 11.3 Å². The Kier molecular flexibility index (Phi) is 4.16. The molecule has 0 aliphatic carbocycles. The van der Waals surface area contributed by atoms with Gasteiger partial charge in [0.25, 0.3) is 0 Å². The van der Waals surface area contributed by atoms with Crippen LogP contribution in [0, 0.1) is 0 Å². The highest BCUT2D eigenvalue weighted by Crippen LogP contribution is 2.23. The van der Waals surface area contributed by atoms with Crippen molar-refractivity contribution >= 4 is 5.96 Å².